The summed E-state index contributed by atoms with van der Waals surface area (Å²) in [5, 5.41) is 0. The molecule has 84 valence electrons. The number of ether oxygens (including phenoxy) is 1. The number of rotatable bonds is 4. The Morgan fingerprint density at radius 1 is 1.27 bits per heavy atom. The van der Waals surface area contributed by atoms with Crippen LogP contribution in [-0.2, 0) is 5.41 Å². The third-order valence-corrected chi connectivity index (χ3v) is 2.85. The average Bonchev–Trinajstić information content (AvgIpc) is 2.21. The fraction of sp³-hybridized carbons (Fsp3) is 0.538. The van der Waals surface area contributed by atoms with Gasteiger partial charge in [-0.1, -0.05) is 20.8 Å². The van der Waals surface area contributed by atoms with Gasteiger partial charge in [-0.05, 0) is 37.0 Å². The van der Waals surface area contributed by atoms with Crippen LogP contribution in [0.4, 0.5) is 4.39 Å². The lowest BCUT2D eigenvalue weighted by molar-refractivity contribution is 0.325. The Morgan fingerprint density at radius 3 is 2.47 bits per heavy atom. The number of hydrogen-bond donors (Lipinski definition) is 0. The lowest BCUT2D eigenvalue weighted by atomic mass is 9.81. The van der Waals surface area contributed by atoms with Gasteiger partial charge in [-0.2, -0.15) is 0 Å². The molecule has 0 unspecified atom stereocenters. The maximum atomic E-state index is 13.2. The molecule has 1 aromatic carbocycles. The summed E-state index contributed by atoms with van der Waals surface area (Å²) in [5.41, 5.74) is 0.902. The van der Waals surface area contributed by atoms with Crippen LogP contribution in [0.2, 0.25) is 0 Å². The van der Waals surface area contributed by atoms with Crippen LogP contribution < -0.4 is 4.74 Å². The Morgan fingerprint density at radius 2 is 1.93 bits per heavy atom. The molecule has 0 spiro atoms. The van der Waals surface area contributed by atoms with Crippen molar-refractivity contribution < 1.29 is 9.13 Å². The van der Waals surface area contributed by atoms with Crippen molar-refractivity contribution in [2.75, 3.05) is 6.61 Å². The van der Waals surface area contributed by atoms with E-state index in [0.717, 1.165) is 17.7 Å². The molecule has 0 radical (unpaired) electrons. The van der Waals surface area contributed by atoms with Crippen LogP contribution in [0.15, 0.2) is 18.2 Å². The summed E-state index contributed by atoms with van der Waals surface area (Å²) >= 11 is 0. The van der Waals surface area contributed by atoms with Crippen molar-refractivity contribution in [2.45, 2.75) is 39.5 Å². The van der Waals surface area contributed by atoms with Crippen LogP contribution in [0.5, 0.6) is 5.75 Å². The van der Waals surface area contributed by atoms with Gasteiger partial charge in [0.1, 0.15) is 11.6 Å². The quantitative estimate of drug-likeness (QED) is 0.732. The van der Waals surface area contributed by atoms with Gasteiger partial charge in [-0.3, -0.25) is 0 Å². The molecule has 0 aliphatic carbocycles. The van der Waals surface area contributed by atoms with E-state index in [-0.39, 0.29) is 11.2 Å². The first-order valence-electron chi connectivity index (χ1n) is 5.44. The lowest BCUT2D eigenvalue weighted by Gasteiger charge is -2.25. The summed E-state index contributed by atoms with van der Waals surface area (Å²) in [5.74, 6) is 0.598. The molecule has 0 amide bonds. The van der Waals surface area contributed by atoms with E-state index < -0.39 is 0 Å². The minimum absolute atomic E-state index is 0.0490. The molecule has 1 rings (SSSR count). The van der Waals surface area contributed by atoms with Gasteiger partial charge in [0.25, 0.3) is 0 Å². The summed E-state index contributed by atoms with van der Waals surface area (Å²) in [7, 11) is 0. The van der Waals surface area contributed by atoms with Gasteiger partial charge >= 0.3 is 0 Å². The molecule has 0 saturated carbocycles. The molecule has 1 nitrogen and oxygen atoms in total. The topological polar surface area (TPSA) is 9.23 Å². The first-order chi connectivity index (χ1) is 7.01. The highest BCUT2D eigenvalue weighted by Crippen LogP contribution is 2.34. The minimum Gasteiger partial charge on any atom is -0.494 e. The van der Waals surface area contributed by atoms with E-state index in [1.54, 1.807) is 12.1 Å². The van der Waals surface area contributed by atoms with E-state index in [0.29, 0.717) is 6.61 Å². The van der Waals surface area contributed by atoms with Gasteiger partial charge in [0.05, 0.1) is 6.61 Å². The van der Waals surface area contributed by atoms with Crippen LogP contribution in [0.3, 0.4) is 0 Å². The molecular weight excluding hydrogens is 191 g/mol. The lowest BCUT2D eigenvalue weighted by Crippen LogP contribution is -2.17. The van der Waals surface area contributed by atoms with E-state index in [4.69, 9.17) is 4.74 Å². The standard InChI is InChI=1S/C13H19FO/c1-5-13(3,4)11-9-10(14)7-8-12(11)15-6-2/h7-9H,5-6H2,1-4H3. The summed E-state index contributed by atoms with van der Waals surface area (Å²) in [6.45, 7) is 8.85. The van der Waals surface area contributed by atoms with Crippen molar-refractivity contribution in [1.82, 2.24) is 0 Å². The number of hydrogen-bond acceptors (Lipinski definition) is 1. The van der Waals surface area contributed by atoms with Gasteiger partial charge in [0, 0.05) is 5.56 Å². The highest BCUT2D eigenvalue weighted by Gasteiger charge is 2.22. The van der Waals surface area contributed by atoms with Crippen molar-refractivity contribution >= 4 is 0 Å². The van der Waals surface area contributed by atoms with Crippen LogP contribution in [-0.4, -0.2) is 6.61 Å². The molecule has 0 heterocycles. The Hall–Kier alpha value is -1.05. The molecular formula is C13H19FO. The molecule has 0 aliphatic heterocycles. The molecule has 0 N–H and O–H groups in total. The van der Waals surface area contributed by atoms with Gasteiger partial charge in [0.15, 0.2) is 0 Å². The monoisotopic (exact) mass is 210 g/mol. The number of halogens is 1. The smallest absolute Gasteiger partial charge is 0.123 e. The fourth-order valence-corrected chi connectivity index (χ4v) is 1.50. The zero-order valence-electron chi connectivity index (χ0n) is 9.93. The molecule has 0 bridgehead atoms. The van der Waals surface area contributed by atoms with Gasteiger partial charge in [0.2, 0.25) is 0 Å². The van der Waals surface area contributed by atoms with Gasteiger partial charge in [-0.15, -0.1) is 0 Å². The van der Waals surface area contributed by atoms with Crippen LogP contribution >= 0.6 is 0 Å². The van der Waals surface area contributed by atoms with E-state index in [1.807, 2.05) is 6.92 Å². The molecule has 1 aromatic rings. The summed E-state index contributed by atoms with van der Waals surface area (Å²) < 4.78 is 18.7. The molecule has 0 aliphatic rings. The second-order valence-electron chi connectivity index (χ2n) is 4.31. The molecule has 15 heavy (non-hydrogen) atoms. The first kappa shape index (κ1) is 12.0. The fourth-order valence-electron chi connectivity index (χ4n) is 1.50. The highest BCUT2D eigenvalue weighted by atomic mass is 19.1. The minimum atomic E-state index is -0.199. The van der Waals surface area contributed by atoms with Crippen LogP contribution in [0.1, 0.15) is 39.7 Å². The second kappa shape index (κ2) is 4.65. The SMILES string of the molecule is CCOc1ccc(F)cc1C(C)(C)CC. The molecule has 0 saturated heterocycles. The Labute approximate surface area is 91.3 Å². The summed E-state index contributed by atoms with van der Waals surface area (Å²) in [4.78, 5) is 0. The van der Waals surface area contributed by atoms with E-state index >= 15 is 0 Å². The molecule has 2 heteroatoms. The van der Waals surface area contributed by atoms with Crippen molar-refractivity contribution in [3.05, 3.63) is 29.6 Å². The van der Waals surface area contributed by atoms with Crippen LogP contribution in [0, 0.1) is 5.82 Å². The predicted molar refractivity (Wildman–Crippen MR) is 60.9 cm³/mol. The third-order valence-electron chi connectivity index (χ3n) is 2.85. The largest absolute Gasteiger partial charge is 0.494 e. The summed E-state index contributed by atoms with van der Waals surface area (Å²) in [6.07, 6.45) is 0.955. The van der Waals surface area contributed by atoms with Crippen LogP contribution in [0.25, 0.3) is 0 Å². The molecule has 0 atom stereocenters. The van der Waals surface area contributed by atoms with Crippen molar-refractivity contribution in [1.29, 1.82) is 0 Å². The highest BCUT2D eigenvalue weighted by molar-refractivity contribution is 5.39. The average molecular weight is 210 g/mol. The maximum Gasteiger partial charge on any atom is 0.123 e. The Balaban J connectivity index is 3.17. The van der Waals surface area contributed by atoms with Gasteiger partial charge in [-0.25, -0.2) is 4.39 Å². The molecule has 0 aromatic heterocycles. The molecule has 0 fully saturated rings. The predicted octanol–water partition coefficient (Wildman–Crippen LogP) is 3.91. The van der Waals surface area contributed by atoms with E-state index in [9.17, 15) is 4.39 Å². The van der Waals surface area contributed by atoms with E-state index in [1.165, 1.54) is 6.07 Å². The second-order valence-corrected chi connectivity index (χ2v) is 4.31. The Kier molecular flexibility index (Phi) is 3.72. The van der Waals surface area contributed by atoms with Gasteiger partial charge < -0.3 is 4.74 Å². The third kappa shape index (κ3) is 2.71. The Bertz CT molecular complexity index is 331. The zero-order valence-corrected chi connectivity index (χ0v) is 9.93. The van der Waals surface area contributed by atoms with Crippen molar-refractivity contribution in [3.8, 4) is 5.75 Å². The van der Waals surface area contributed by atoms with E-state index in [2.05, 4.69) is 20.8 Å². The first-order valence-corrected chi connectivity index (χ1v) is 5.44. The maximum absolute atomic E-state index is 13.2. The van der Waals surface area contributed by atoms with Crippen molar-refractivity contribution in [3.63, 3.8) is 0 Å². The van der Waals surface area contributed by atoms with Crippen molar-refractivity contribution in [2.24, 2.45) is 0 Å². The normalized spacial score (nSPS) is 11.5. The summed E-state index contributed by atoms with van der Waals surface area (Å²) in [6, 6.07) is 4.74. The number of benzene rings is 1. The zero-order chi connectivity index (χ0) is 11.5.